The zero-order valence-electron chi connectivity index (χ0n) is 18.0. The molecule has 0 N–H and O–H groups in total. The van der Waals surface area contributed by atoms with Gasteiger partial charge in [-0.25, -0.2) is 0 Å². The summed E-state index contributed by atoms with van der Waals surface area (Å²) in [6.07, 6.45) is 0. The Bertz CT molecular complexity index is 1660. The van der Waals surface area contributed by atoms with Crippen molar-refractivity contribution in [2.24, 2.45) is 0 Å². The van der Waals surface area contributed by atoms with Crippen LogP contribution in [0.2, 0.25) is 0 Å². The van der Waals surface area contributed by atoms with Crippen LogP contribution < -0.4 is 0 Å². The molecule has 0 saturated heterocycles. The Kier molecular flexibility index (Phi) is 4.27. The van der Waals surface area contributed by atoms with E-state index in [4.69, 9.17) is 0 Å². The summed E-state index contributed by atoms with van der Waals surface area (Å²) >= 11 is 0.270. The van der Waals surface area contributed by atoms with E-state index < -0.39 is 0 Å². The molecule has 0 aliphatic rings. The molecule has 0 atom stereocenters. The minimum atomic E-state index is 0.270. The summed E-state index contributed by atoms with van der Waals surface area (Å²) in [7, 11) is 0. The van der Waals surface area contributed by atoms with Gasteiger partial charge in [0.05, 0.1) is 0 Å². The van der Waals surface area contributed by atoms with Gasteiger partial charge >= 0.3 is 199 Å². The van der Waals surface area contributed by atoms with Crippen LogP contribution in [-0.2, 0) is 0 Å². The molecule has 33 heavy (non-hydrogen) atoms. The topological polar surface area (TPSA) is 0 Å². The average Bonchev–Trinajstić information content (AvgIpc) is 3.28. The molecule has 0 nitrogen and oxygen atoms in total. The van der Waals surface area contributed by atoms with Gasteiger partial charge in [0.2, 0.25) is 0 Å². The molecule has 7 rings (SSSR count). The third-order valence-electron chi connectivity index (χ3n) is 6.66. The van der Waals surface area contributed by atoms with E-state index in [1.54, 1.807) is 0 Å². The van der Waals surface area contributed by atoms with Crippen molar-refractivity contribution in [1.82, 2.24) is 0 Å². The number of fused-ring (bicyclic) bond motifs is 7. The Morgan fingerprint density at radius 1 is 0.364 bits per heavy atom. The summed E-state index contributed by atoms with van der Waals surface area (Å²) < 4.78 is 2.98. The predicted molar refractivity (Wildman–Crippen MR) is 144 cm³/mol. The normalized spacial score (nSPS) is 11.6. The maximum absolute atomic E-state index is 2.46. The van der Waals surface area contributed by atoms with Crippen molar-refractivity contribution in [2.75, 3.05) is 0 Å². The molecule has 1 heterocycles. The van der Waals surface area contributed by atoms with E-state index in [1.807, 2.05) is 0 Å². The Morgan fingerprint density at radius 2 is 0.727 bits per heavy atom. The molecule has 0 radical (unpaired) electrons. The molecule has 0 aliphatic heterocycles. The molecule has 0 saturated carbocycles. The van der Waals surface area contributed by atoms with E-state index in [2.05, 4.69) is 121 Å². The van der Waals surface area contributed by atoms with Crippen LogP contribution in [-0.4, -0.2) is 14.5 Å². The summed E-state index contributed by atoms with van der Waals surface area (Å²) in [5, 5.41) is 8.29. The number of benzene rings is 6. The quantitative estimate of drug-likeness (QED) is 0.216. The molecule has 0 amide bonds. The molecule has 0 unspecified atom stereocenters. The van der Waals surface area contributed by atoms with E-state index >= 15 is 0 Å². The first-order chi connectivity index (χ1) is 16.4. The van der Waals surface area contributed by atoms with Crippen molar-refractivity contribution in [3.63, 3.8) is 0 Å². The molecule has 7 aromatic rings. The zero-order chi connectivity index (χ0) is 21.8. The molecule has 1 heteroatoms. The van der Waals surface area contributed by atoms with Gasteiger partial charge in [-0.05, 0) is 0 Å². The Hall–Kier alpha value is -3.64. The Labute approximate surface area is 198 Å². The van der Waals surface area contributed by atoms with Crippen molar-refractivity contribution in [3.8, 4) is 22.3 Å². The summed E-state index contributed by atoms with van der Waals surface area (Å²) in [5.74, 6) is 0. The summed E-state index contributed by atoms with van der Waals surface area (Å²) in [4.78, 5) is 0. The molecule has 0 bridgehead atoms. The average molecular weight is 483 g/mol. The van der Waals surface area contributed by atoms with Gasteiger partial charge in [0.15, 0.2) is 0 Å². The van der Waals surface area contributed by atoms with Crippen molar-refractivity contribution in [2.45, 2.75) is 0 Å². The number of hydrogen-bond donors (Lipinski definition) is 0. The monoisotopic (exact) mass is 484 g/mol. The fourth-order valence-corrected chi connectivity index (χ4v) is 7.76. The molecule has 0 fully saturated rings. The van der Waals surface area contributed by atoms with Crippen LogP contribution in [0.5, 0.6) is 0 Å². The van der Waals surface area contributed by atoms with Crippen LogP contribution in [0.1, 0.15) is 0 Å². The van der Waals surface area contributed by atoms with Crippen LogP contribution in [0.25, 0.3) is 63.1 Å². The van der Waals surface area contributed by atoms with Crippen molar-refractivity contribution in [3.05, 3.63) is 121 Å². The third-order valence-corrected chi connectivity index (χ3v) is 8.93. The van der Waals surface area contributed by atoms with Crippen LogP contribution in [0, 0.1) is 0 Å². The van der Waals surface area contributed by atoms with E-state index in [0.29, 0.717) is 0 Å². The van der Waals surface area contributed by atoms with Gasteiger partial charge in [-0.2, -0.15) is 0 Å². The molecule has 0 aliphatic carbocycles. The van der Waals surface area contributed by atoms with Crippen LogP contribution in [0.15, 0.2) is 121 Å². The first-order valence-corrected chi connectivity index (χ1v) is 13.0. The molecular weight excluding hydrogens is 463 g/mol. The van der Waals surface area contributed by atoms with Crippen molar-refractivity contribution >= 4 is 55.3 Å². The second-order valence-electron chi connectivity index (χ2n) is 8.52. The van der Waals surface area contributed by atoms with Gasteiger partial charge < -0.3 is 0 Å². The second kappa shape index (κ2) is 7.46. The molecule has 6 aromatic carbocycles. The summed E-state index contributed by atoms with van der Waals surface area (Å²) in [5.41, 5.74) is 5.26. The maximum atomic E-state index is 2.46. The van der Waals surface area contributed by atoms with E-state index in [9.17, 15) is 0 Å². The van der Waals surface area contributed by atoms with E-state index in [1.165, 1.54) is 63.1 Å². The molecule has 154 valence electrons. The Morgan fingerprint density at radius 3 is 1.15 bits per heavy atom. The van der Waals surface area contributed by atoms with Crippen LogP contribution >= 0.6 is 0 Å². The minimum absolute atomic E-state index is 0.270. The second-order valence-corrected chi connectivity index (χ2v) is 10.8. The van der Waals surface area contributed by atoms with E-state index in [-0.39, 0.29) is 14.5 Å². The van der Waals surface area contributed by atoms with Gasteiger partial charge in [-0.1, -0.05) is 0 Å². The fourth-order valence-electron chi connectivity index (χ4n) is 5.21. The van der Waals surface area contributed by atoms with Gasteiger partial charge in [-0.3, -0.25) is 0 Å². The van der Waals surface area contributed by atoms with Gasteiger partial charge in [0.1, 0.15) is 0 Å². The summed E-state index contributed by atoms with van der Waals surface area (Å²) in [6, 6.07) is 44.5. The van der Waals surface area contributed by atoms with Crippen molar-refractivity contribution < 1.29 is 0 Å². The van der Waals surface area contributed by atoms with Gasteiger partial charge in [0.25, 0.3) is 0 Å². The molecule has 1 aromatic heterocycles. The van der Waals surface area contributed by atoms with Gasteiger partial charge in [-0.15, -0.1) is 0 Å². The first-order valence-electron chi connectivity index (χ1n) is 11.3. The fraction of sp³-hybridized carbons (Fsp3) is 0. The standard InChI is InChI=1S/C32H20Se/c1-3-11-21(12-4-1)27-19-29-31(25-17-9-7-15-23(25)27)32-26-18-10-8-16-24(26)28(20-30(32)33-29)22-13-5-2-6-14-22/h1-20H. The van der Waals surface area contributed by atoms with E-state index in [0.717, 1.165) is 0 Å². The van der Waals surface area contributed by atoms with Crippen molar-refractivity contribution in [1.29, 1.82) is 0 Å². The predicted octanol–water partition coefficient (Wildman–Crippen LogP) is 8.69. The molecular formula is C32H20Se. The zero-order valence-corrected chi connectivity index (χ0v) is 19.7. The van der Waals surface area contributed by atoms with Crippen LogP contribution in [0.3, 0.4) is 0 Å². The van der Waals surface area contributed by atoms with Crippen LogP contribution in [0.4, 0.5) is 0 Å². The SMILES string of the molecule is c1ccc(-c2cc3[se]c4cc(-c5ccccc5)c5ccccc5c4c3c3ccccc23)cc1. The number of rotatable bonds is 2. The molecule has 0 spiro atoms. The van der Waals surface area contributed by atoms with Gasteiger partial charge in [0, 0.05) is 0 Å². The number of hydrogen-bond acceptors (Lipinski definition) is 0. The first kappa shape index (κ1) is 18.9. The summed E-state index contributed by atoms with van der Waals surface area (Å²) in [6.45, 7) is 0. The Balaban J connectivity index is 1.67. The third kappa shape index (κ3) is 2.90.